The van der Waals surface area contributed by atoms with Crippen LogP contribution in [0.5, 0.6) is 0 Å². The summed E-state index contributed by atoms with van der Waals surface area (Å²) in [5, 5.41) is 35.0. The Labute approximate surface area is 186 Å². The second kappa shape index (κ2) is 13.4. The van der Waals surface area contributed by atoms with Crippen LogP contribution in [-0.2, 0) is 25.6 Å². The van der Waals surface area contributed by atoms with Crippen molar-refractivity contribution in [2.24, 2.45) is 11.7 Å². The van der Waals surface area contributed by atoms with Crippen LogP contribution < -0.4 is 21.7 Å². The molecule has 1 rings (SSSR count). The van der Waals surface area contributed by atoms with Gasteiger partial charge in [-0.25, -0.2) is 4.79 Å². The molecule has 0 aliphatic carbocycles. The monoisotopic (exact) mass is 452 g/mol. The molecule has 0 aromatic heterocycles. The first-order valence-corrected chi connectivity index (χ1v) is 10.2. The van der Waals surface area contributed by atoms with Gasteiger partial charge in [0.1, 0.15) is 18.1 Å². The second-order valence-corrected chi connectivity index (χ2v) is 7.81. The summed E-state index contributed by atoms with van der Waals surface area (Å²) in [6, 6.07) is 3.91. The van der Waals surface area contributed by atoms with Crippen LogP contribution in [0.25, 0.3) is 0 Å². The molecule has 1 aromatic carbocycles. The molecule has 11 nitrogen and oxygen atoms in total. The largest absolute Gasteiger partial charge is 0.480 e. The molecular formula is C21H32N4O7. The van der Waals surface area contributed by atoms with Crippen molar-refractivity contribution in [3.63, 3.8) is 0 Å². The first-order chi connectivity index (χ1) is 15.1. The molecule has 0 fully saturated rings. The zero-order chi connectivity index (χ0) is 24.3. The fourth-order valence-electron chi connectivity index (χ4n) is 2.87. The minimum absolute atomic E-state index is 0.0207. The molecule has 8 N–H and O–H groups in total. The molecule has 0 saturated heterocycles. The number of aliphatic hydroxyl groups excluding tert-OH is 2. The van der Waals surface area contributed by atoms with Crippen molar-refractivity contribution in [1.82, 2.24) is 16.0 Å². The molecule has 32 heavy (non-hydrogen) atoms. The first kappa shape index (κ1) is 27.0. The van der Waals surface area contributed by atoms with Crippen molar-refractivity contribution in [2.45, 2.75) is 50.9 Å². The average molecular weight is 453 g/mol. The first-order valence-electron chi connectivity index (χ1n) is 10.2. The van der Waals surface area contributed by atoms with E-state index in [1.54, 1.807) is 38.1 Å². The van der Waals surface area contributed by atoms with Crippen LogP contribution in [0.3, 0.4) is 0 Å². The molecule has 0 aliphatic rings. The van der Waals surface area contributed by atoms with E-state index in [0.29, 0.717) is 0 Å². The molecule has 0 aliphatic heterocycles. The zero-order valence-corrected chi connectivity index (χ0v) is 18.2. The maximum atomic E-state index is 12.4. The van der Waals surface area contributed by atoms with Crippen molar-refractivity contribution in [1.29, 1.82) is 0 Å². The summed E-state index contributed by atoms with van der Waals surface area (Å²) in [5.41, 5.74) is 6.68. The summed E-state index contributed by atoms with van der Waals surface area (Å²) in [6.45, 7) is 1.97. The van der Waals surface area contributed by atoms with Gasteiger partial charge in [0, 0.05) is 0 Å². The van der Waals surface area contributed by atoms with Crippen LogP contribution >= 0.6 is 0 Å². The minimum Gasteiger partial charge on any atom is -0.480 e. The lowest BCUT2D eigenvalue weighted by atomic mass is 10.0. The van der Waals surface area contributed by atoms with Crippen LogP contribution in [0.2, 0.25) is 0 Å². The number of amides is 3. The van der Waals surface area contributed by atoms with Crippen LogP contribution in [-0.4, -0.2) is 76.4 Å². The van der Waals surface area contributed by atoms with E-state index in [2.05, 4.69) is 16.0 Å². The SMILES string of the molecule is CC(C)CC(NC(=O)C(CO)NC(=O)C(CO)NC(=O)C(N)Cc1ccccc1)C(=O)O. The number of carbonyl (C=O) groups is 4. The number of hydrogen-bond acceptors (Lipinski definition) is 7. The average Bonchev–Trinajstić information content (AvgIpc) is 2.74. The molecule has 4 unspecified atom stereocenters. The number of rotatable bonds is 13. The summed E-state index contributed by atoms with van der Waals surface area (Å²) >= 11 is 0. The van der Waals surface area contributed by atoms with E-state index >= 15 is 0 Å². The van der Waals surface area contributed by atoms with E-state index in [0.717, 1.165) is 5.56 Å². The minimum atomic E-state index is -1.47. The molecular weight excluding hydrogens is 420 g/mol. The number of hydrogen-bond donors (Lipinski definition) is 7. The van der Waals surface area contributed by atoms with Gasteiger partial charge in [-0.05, 0) is 24.3 Å². The predicted molar refractivity (Wildman–Crippen MR) is 115 cm³/mol. The van der Waals surface area contributed by atoms with Gasteiger partial charge in [-0.2, -0.15) is 0 Å². The lowest BCUT2D eigenvalue weighted by Crippen LogP contribution is -2.59. The second-order valence-electron chi connectivity index (χ2n) is 7.81. The Bertz CT molecular complexity index is 773. The topological polar surface area (TPSA) is 191 Å². The van der Waals surface area contributed by atoms with Gasteiger partial charge in [0.05, 0.1) is 19.3 Å². The molecule has 0 radical (unpaired) electrons. The summed E-state index contributed by atoms with van der Waals surface area (Å²) in [5.74, 6) is -3.79. The third-order valence-corrected chi connectivity index (χ3v) is 4.59. The maximum Gasteiger partial charge on any atom is 0.326 e. The Morgan fingerprint density at radius 2 is 1.31 bits per heavy atom. The van der Waals surface area contributed by atoms with Gasteiger partial charge in [-0.1, -0.05) is 44.2 Å². The maximum absolute atomic E-state index is 12.4. The number of aliphatic carboxylic acids is 1. The molecule has 0 heterocycles. The molecule has 0 spiro atoms. The lowest BCUT2D eigenvalue weighted by molar-refractivity contribution is -0.143. The Hall–Kier alpha value is -3.02. The number of nitrogens with one attached hydrogen (secondary N) is 3. The van der Waals surface area contributed by atoms with E-state index in [1.165, 1.54) is 0 Å². The van der Waals surface area contributed by atoms with Gasteiger partial charge in [-0.15, -0.1) is 0 Å². The number of aliphatic hydroxyl groups is 2. The fourth-order valence-corrected chi connectivity index (χ4v) is 2.87. The normalized spacial score (nSPS) is 14.7. The molecule has 0 bridgehead atoms. The van der Waals surface area contributed by atoms with Crippen molar-refractivity contribution >= 4 is 23.7 Å². The highest BCUT2D eigenvalue weighted by Crippen LogP contribution is 2.06. The van der Waals surface area contributed by atoms with Gasteiger partial charge >= 0.3 is 5.97 Å². The molecule has 3 amide bonds. The third-order valence-electron chi connectivity index (χ3n) is 4.59. The van der Waals surface area contributed by atoms with Crippen molar-refractivity contribution in [3.8, 4) is 0 Å². The van der Waals surface area contributed by atoms with Crippen molar-refractivity contribution < 1.29 is 34.5 Å². The number of carboxylic acids is 1. The van der Waals surface area contributed by atoms with Crippen LogP contribution in [0.4, 0.5) is 0 Å². The standard InChI is InChI=1S/C21H32N4O7/c1-12(2)8-15(21(31)32)23-19(29)17(11-27)25-20(30)16(10-26)24-18(28)14(22)9-13-6-4-3-5-7-13/h3-7,12,14-17,26-27H,8-11,22H2,1-2H3,(H,23,29)(H,24,28)(H,25,30)(H,31,32). The zero-order valence-electron chi connectivity index (χ0n) is 18.2. The van der Waals surface area contributed by atoms with Gasteiger partial charge in [-0.3, -0.25) is 14.4 Å². The summed E-state index contributed by atoms with van der Waals surface area (Å²) in [4.78, 5) is 48.4. The highest BCUT2D eigenvalue weighted by atomic mass is 16.4. The Morgan fingerprint density at radius 1 is 0.844 bits per heavy atom. The van der Waals surface area contributed by atoms with Gasteiger partial charge in [0.2, 0.25) is 17.7 Å². The smallest absolute Gasteiger partial charge is 0.326 e. The van der Waals surface area contributed by atoms with E-state index in [1.807, 2.05) is 6.07 Å². The van der Waals surface area contributed by atoms with Gasteiger partial charge < -0.3 is 37.0 Å². The molecule has 4 atom stereocenters. The summed E-state index contributed by atoms with van der Waals surface area (Å²) in [6.07, 6.45) is 0.363. The number of carbonyl (C=O) groups excluding carboxylic acids is 3. The van der Waals surface area contributed by atoms with E-state index in [4.69, 9.17) is 5.73 Å². The van der Waals surface area contributed by atoms with E-state index in [-0.39, 0.29) is 18.8 Å². The predicted octanol–water partition coefficient (Wildman–Crippen LogP) is -1.87. The van der Waals surface area contributed by atoms with Crippen LogP contribution in [0.15, 0.2) is 30.3 Å². The van der Waals surface area contributed by atoms with Gasteiger partial charge in [0.15, 0.2) is 0 Å². The summed E-state index contributed by atoms with van der Waals surface area (Å²) in [7, 11) is 0. The Balaban J connectivity index is 2.70. The lowest BCUT2D eigenvalue weighted by Gasteiger charge is -2.23. The van der Waals surface area contributed by atoms with E-state index < -0.39 is 61.1 Å². The third kappa shape index (κ3) is 9.00. The number of benzene rings is 1. The van der Waals surface area contributed by atoms with Crippen molar-refractivity contribution in [2.75, 3.05) is 13.2 Å². The van der Waals surface area contributed by atoms with E-state index in [9.17, 15) is 34.5 Å². The Kier molecular flexibility index (Phi) is 11.3. The number of nitrogens with two attached hydrogens (primary N) is 1. The van der Waals surface area contributed by atoms with Crippen molar-refractivity contribution in [3.05, 3.63) is 35.9 Å². The quantitative estimate of drug-likeness (QED) is 0.181. The summed E-state index contributed by atoms with van der Waals surface area (Å²) < 4.78 is 0. The van der Waals surface area contributed by atoms with Gasteiger partial charge in [0.25, 0.3) is 0 Å². The molecule has 178 valence electrons. The Morgan fingerprint density at radius 3 is 1.75 bits per heavy atom. The molecule has 1 aromatic rings. The molecule has 0 saturated carbocycles. The fraction of sp³-hybridized carbons (Fsp3) is 0.524. The van der Waals surface area contributed by atoms with Crippen LogP contribution in [0.1, 0.15) is 25.8 Å². The highest BCUT2D eigenvalue weighted by Gasteiger charge is 2.30. The molecule has 11 heteroatoms. The van der Waals surface area contributed by atoms with Crippen LogP contribution in [0, 0.1) is 5.92 Å². The number of carboxylic acid groups (broad SMARTS) is 1. The highest BCUT2D eigenvalue weighted by molar-refractivity contribution is 5.94.